The van der Waals surface area contributed by atoms with Gasteiger partial charge < -0.3 is 9.64 Å². The number of benzene rings is 2. The molecule has 0 bridgehead atoms. The van der Waals surface area contributed by atoms with Gasteiger partial charge in [-0.05, 0) is 24.3 Å². The molecule has 1 amide bonds. The normalized spacial score (nSPS) is 10.1. The Labute approximate surface area is 111 Å². The summed E-state index contributed by atoms with van der Waals surface area (Å²) in [4.78, 5) is 13.6. The number of hydrogen-bond donors (Lipinski definition) is 0. The monoisotopic (exact) mass is 259 g/mol. The molecule has 98 valence electrons. The highest BCUT2D eigenvalue weighted by molar-refractivity contribution is 6.05. The molecule has 3 nitrogen and oxygen atoms in total. The van der Waals surface area contributed by atoms with E-state index in [4.69, 9.17) is 4.74 Å². The Morgan fingerprint density at radius 2 is 1.84 bits per heavy atom. The minimum atomic E-state index is -0.591. The Bertz CT molecular complexity index is 584. The number of nitrogens with zero attached hydrogens (tertiary/aromatic N) is 1. The van der Waals surface area contributed by atoms with Crippen LogP contribution >= 0.6 is 0 Å². The summed E-state index contributed by atoms with van der Waals surface area (Å²) >= 11 is 0. The van der Waals surface area contributed by atoms with Crippen molar-refractivity contribution in [1.82, 2.24) is 0 Å². The van der Waals surface area contributed by atoms with Crippen LogP contribution in [0.1, 0.15) is 10.4 Å². The number of amides is 1. The van der Waals surface area contributed by atoms with E-state index in [0.717, 1.165) is 0 Å². The quantitative estimate of drug-likeness (QED) is 0.847. The molecule has 0 atom stereocenters. The first-order valence-corrected chi connectivity index (χ1v) is 5.80. The van der Waals surface area contributed by atoms with Crippen molar-refractivity contribution in [3.05, 3.63) is 59.9 Å². The predicted octanol–water partition coefficient (Wildman–Crippen LogP) is 3.11. The van der Waals surface area contributed by atoms with E-state index in [9.17, 15) is 9.18 Å². The molecule has 0 spiro atoms. The molecule has 0 unspecified atom stereocenters. The lowest BCUT2D eigenvalue weighted by atomic mass is 10.1. The topological polar surface area (TPSA) is 29.5 Å². The van der Waals surface area contributed by atoms with Crippen LogP contribution in [0.2, 0.25) is 0 Å². The van der Waals surface area contributed by atoms with Crippen LogP contribution in [0.5, 0.6) is 5.75 Å². The van der Waals surface area contributed by atoms with E-state index in [-0.39, 0.29) is 5.56 Å². The van der Waals surface area contributed by atoms with Gasteiger partial charge in [-0.15, -0.1) is 0 Å². The second-order valence-electron chi connectivity index (χ2n) is 4.05. The van der Waals surface area contributed by atoms with E-state index in [1.165, 1.54) is 24.1 Å². The van der Waals surface area contributed by atoms with Gasteiger partial charge in [0.25, 0.3) is 5.91 Å². The van der Waals surface area contributed by atoms with Gasteiger partial charge in [0, 0.05) is 18.8 Å². The number of halogens is 1. The molecule has 19 heavy (non-hydrogen) atoms. The van der Waals surface area contributed by atoms with Crippen LogP contribution in [0, 0.1) is 5.82 Å². The Morgan fingerprint density at radius 1 is 1.16 bits per heavy atom. The predicted molar refractivity (Wildman–Crippen MR) is 72.1 cm³/mol. The molecule has 0 fully saturated rings. The lowest BCUT2D eigenvalue weighted by molar-refractivity contribution is 0.0989. The number of methoxy groups -OCH3 is 1. The van der Waals surface area contributed by atoms with Gasteiger partial charge in [-0.1, -0.05) is 18.2 Å². The van der Waals surface area contributed by atoms with Gasteiger partial charge >= 0.3 is 0 Å². The summed E-state index contributed by atoms with van der Waals surface area (Å²) in [5.74, 6) is -0.602. The molecule has 0 aromatic heterocycles. The van der Waals surface area contributed by atoms with E-state index in [0.29, 0.717) is 11.4 Å². The van der Waals surface area contributed by atoms with Crippen molar-refractivity contribution in [2.75, 3.05) is 19.1 Å². The largest absolute Gasteiger partial charge is 0.497 e. The summed E-state index contributed by atoms with van der Waals surface area (Å²) in [7, 11) is 3.06. The molecule has 4 heteroatoms. The molecule has 2 aromatic rings. The molecule has 0 saturated heterocycles. The highest BCUT2D eigenvalue weighted by Gasteiger charge is 2.17. The minimum Gasteiger partial charge on any atom is -0.497 e. The highest BCUT2D eigenvalue weighted by Crippen LogP contribution is 2.20. The summed E-state index contributed by atoms with van der Waals surface area (Å²) < 4.78 is 18.7. The zero-order valence-corrected chi connectivity index (χ0v) is 10.8. The molecule has 2 rings (SSSR count). The van der Waals surface area contributed by atoms with Crippen molar-refractivity contribution >= 4 is 11.6 Å². The molecule has 0 aliphatic rings. The number of ether oxygens (including phenoxy) is 1. The fourth-order valence-corrected chi connectivity index (χ4v) is 1.75. The van der Waals surface area contributed by atoms with Crippen LogP contribution in [0.3, 0.4) is 0 Å². The smallest absolute Gasteiger partial charge is 0.260 e. The average Bonchev–Trinajstić information content (AvgIpc) is 2.46. The maximum Gasteiger partial charge on any atom is 0.260 e. The van der Waals surface area contributed by atoms with Crippen LogP contribution in [0.15, 0.2) is 48.5 Å². The molecule has 0 aliphatic heterocycles. The first-order chi connectivity index (χ1) is 9.13. The van der Waals surface area contributed by atoms with Crippen molar-refractivity contribution in [2.24, 2.45) is 0 Å². The molecular weight excluding hydrogens is 245 g/mol. The average molecular weight is 259 g/mol. The number of carbonyl (C=O) groups excluding carboxylic acids is 1. The van der Waals surface area contributed by atoms with Gasteiger partial charge in [0.05, 0.1) is 12.7 Å². The fraction of sp³-hybridized carbons (Fsp3) is 0.133. The third-order valence-corrected chi connectivity index (χ3v) is 2.85. The molecular formula is C15H14FNO2. The second-order valence-corrected chi connectivity index (χ2v) is 4.05. The van der Waals surface area contributed by atoms with Crippen LogP contribution in [-0.4, -0.2) is 20.1 Å². The Hall–Kier alpha value is -2.36. The van der Waals surface area contributed by atoms with Crippen molar-refractivity contribution in [3.63, 3.8) is 0 Å². The van der Waals surface area contributed by atoms with E-state index in [1.807, 2.05) is 18.2 Å². The van der Waals surface area contributed by atoms with E-state index >= 15 is 0 Å². The summed E-state index contributed by atoms with van der Waals surface area (Å²) in [5, 5.41) is 0. The molecule has 0 heterocycles. The summed E-state index contributed by atoms with van der Waals surface area (Å²) in [6, 6.07) is 13.3. The number of para-hydroxylation sites is 1. The highest BCUT2D eigenvalue weighted by atomic mass is 19.1. The number of anilines is 1. The van der Waals surface area contributed by atoms with Crippen LogP contribution < -0.4 is 9.64 Å². The van der Waals surface area contributed by atoms with E-state index in [1.54, 1.807) is 25.2 Å². The molecule has 0 radical (unpaired) electrons. The lowest BCUT2D eigenvalue weighted by Crippen LogP contribution is -2.27. The lowest BCUT2D eigenvalue weighted by Gasteiger charge is -2.17. The van der Waals surface area contributed by atoms with Crippen LogP contribution in [0.4, 0.5) is 10.1 Å². The first kappa shape index (κ1) is 13.1. The van der Waals surface area contributed by atoms with E-state index in [2.05, 4.69) is 0 Å². The number of rotatable bonds is 3. The summed E-state index contributed by atoms with van der Waals surface area (Å²) in [6.07, 6.45) is 0. The number of hydrogen-bond acceptors (Lipinski definition) is 2. The Balaban J connectivity index is 2.29. The van der Waals surface area contributed by atoms with Crippen LogP contribution in [-0.2, 0) is 0 Å². The SMILES string of the molecule is COc1ccc(C(=O)N(C)c2ccccc2)c(F)c1. The zero-order chi connectivity index (χ0) is 13.8. The first-order valence-electron chi connectivity index (χ1n) is 5.80. The Morgan fingerprint density at radius 3 is 2.42 bits per heavy atom. The van der Waals surface area contributed by atoms with Crippen molar-refractivity contribution < 1.29 is 13.9 Å². The van der Waals surface area contributed by atoms with E-state index < -0.39 is 11.7 Å². The second kappa shape index (κ2) is 5.52. The standard InChI is InChI=1S/C15H14FNO2/c1-17(11-6-4-3-5-7-11)15(18)13-9-8-12(19-2)10-14(13)16/h3-10H,1-2H3. The third-order valence-electron chi connectivity index (χ3n) is 2.85. The van der Waals surface area contributed by atoms with Crippen molar-refractivity contribution in [3.8, 4) is 5.75 Å². The van der Waals surface area contributed by atoms with Gasteiger partial charge in [0.15, 0.2) is 0 Å². The Kier molecular flexibility index (Phi) is 3.80. The van der Waals surface area contributed by atoms with Crippen molar-refractivity contribution in [1.29, 1.82) is 0 Å². The molecule has 2 aromatic carbocycles. The van der Waals surface area contributed by atoms with Gasteiger partial charge in [-0.3, -0.25) is 4.79 Å². The zero-order valence-electron chi connectivity index (χ0n) is 10.8. The number of carbonyl (C=O) groups is 1. The summed E-state index contributed by atoms with van der Waals surface area (Å²) in [5.41, 5.74) is 0.731. The molecule has 0 N–H and O–H groups in total. The van der Waals surface area contributed by atoms with Crippen LogP contribution in [0.25, 0.3) is 0 Å². The van der Waals surface area contributed by atoms with Gasteiger partial charge in [-0.25, -0.2) is 4.39 Å². The minimum absolute atomic E-state index is 0.0205. The summed E-state index contributed by atoms with van der Waals surface area (Å²) in [6.45, 7) is 0. The fourth-order valence-electron chi connectivity index (χ4n) is 1.75. The van der Waals surface area contributed by atoms with Gasteiger partial charge in [0.2, 0.25) is 0 Å². The van der Waals surface area contributed by atoms with Gasteiger partial charge in [0.1, 0.15) is 11.6 Å². The molecule has 0 aliphatic carbocycles. The maximum atomic E-state index is 13.8. The third kappa shape index (κ3) is 2.73. The van der Waals surface area contributed by atoms with Gasteiger partial charge in [-0.2, -0.15) is 0 Å². The molecule has 0 saturated carbocycles. The maximum absolute atomic E-state index is 13.8. The van der Waals surface area contributed by atoms with Crippen molar-refractivity contribution in [2.45, 2.75) is 0 Å².